The molecule has 0 aliphatic heterocycles. The molecule has 0 saturated carbocycles. The number of nitrogens with zero attached hydrogens (tertiary/aromatic N) is 5. The predicted molar refractivity (Wildman–Crippen MR) is 136 cm³/mol. The lowest BCUT2D eigenvalue weighted by Gasteiger charge is -2.15. The monoisotopic (exact) mass is 534 g/mol. The fourth-order valence-electron chi connectivity index (χ4n) is 4.36. The van der Waals surface area contributed by atoms with Crippen LogP contribution in [0.3, 0.4) is 0 Å². The Morgan fingerprint density at radius 2 is 1.68 bits per heavy atom. The number of aromatic amines is 1. The summed E-state index contributed by atoms with van der Waals surface area (Å²) in [6.07, 6.45) is -1.70. The quantitative estimate of drug-likeness (QED) is 0.339. The van der Waals surface area contributed by atoms with Gasteiger partial charge >= 0.3 is 11.9 Å². The van der Waals surface area contributed by atoms with Crippen molar-refractivity contribution in [3.05, 3.63) is 111 Å². The molecule has 6 rings (SSSR count). The van der Waals surface area contributed by atoms with Crippen LogP contribution in [-0.2, 0) is 6.18 Å². The van der Waals surface area contributed by atoms with Crippen LogP contribution in [-0.4, -0.2) is 29.5 Å². The minimum absolute atomic E-state index is 0.0734. The Kier molecular flexibility index (Phi) is 5.39. The molecule has 0 radical (unpaired) electrons. The third kappa shape index (κ3) is 3.75. The van der Waals surface area contributed by atoms with Crippen molar-refractivity contribution in [1.29, 1.82) is 0 Å². The predicted octanol–water partition coefficient (Wildman–Crippen LogP) is 5.15. The van der Waals surface area contributed by atoms with Crippen LogP contribution >= 0.6 is 11.6 Å². The van der Waals surface area contributed by atoms with E-state index in [0.717, 1.165) is 22.8 Å². The molecule has 1 N–H and O–H groups in total. The number of aromatic nitrogens is 6. The summed E-state index contributed by atoms with van der Waals surface area (Å²) >= 11 is 5.97. The zero-order chi connectivity index (χ0) is 26.6. The Morgan fingerprint density at radius 1 is 0.921 bits per heavy atom. The molecule has 12 heteroatoms. The minimum Gasteiger partial charge on any atom is -0.304 e. The average Bonchev–Trinajstić information content (AvgIpc) is 3.31. The second-order valence-corrected chi connectivity index (χ2v) is 8.76. The van der Waals surface area contributed by atoms with E-state index in [2.05, 4.69) is 20.3 Å². The topological polar surface area (TPSA) is 98.5 Å². The van der Waals surface area contributed by atoms with Gasteiger partial charge < -0.3 is 4.98 Å². The van der Waals surface area contributed by atoms with Crippen LogP contribution in [0.25, 0.3) is 44.4 Å². The molecule has 0 spiro atoms. The maximum Gasteiger partial charge on any atom is 0.417 e. The van der Waals surface area contributed by atoms with Gasteiger partial charge in [0.15, 0.2) is 5.69 Å². The molecule has 0 atom stereocenters. The lowest BCUT2D eigenvalue weighted by Crippen LogP contribution is -2.37. The number of hydrogen-bond acceptors (Lipinski definition) is 5. The molecule has 8 nitrogen and oxygen atoms in total. The number of nitrogens with one attached hydrogen (secondary N) is 1. The molecule has 0 aliphatic carbocycles. The highest BCUT2D eigenvalue weighted by atomic mass is 35.5. The van der Waals surface area contributed by atoms with Gasteiger partial charge in [0.1, 0.15) is 5.52 Å². The number of alkyl halides is 3. The first-order valence-electron chi connectivity index (χ1n) is 11.1. The summed E-state index contributed by atoms with van der Waals surface area (Å²) in [5.41, 5.74) is -1.66. The summed E-state index contributed by atoms with van der Waals surface area (Å²) in [7, 11) is 0. The lowest BCUT2D eigenvalue weighted by molar-refractivity contribution is -0.137. The van der Waals surface area contributed by atoms with E-state index in [4.69, 9.17) is 11.6 Å². The molecule has 38 heavy (non-hydrogen) atoms. The Morgan fingerprint density at radius 3 is 2.47 bits per heavy atom. The SMILES string of the molecule is O=c1[nH]c(-c2ccc(C(F)(F)F)c(Cl)c2)c(-n2nnc3ccccc32)c(=O)n1-c1cncc2ccccc12. The molecule has 6 aromatic rings. The number of para-hydroxylation sites is 1. The fourth-order valence-corrected chi connectivity index (χ4v) is 4.65. The largest absolute Gasteiger partial charge is 0.417 e. The highest BCUT2D eigenvalue weighted by Crippen LogP contribution is 2.37. The van der Waals surface area contributed by atoms with Gasteiger partial charge in [0, 0.05) is 22.5 Å². The number of halogens is 4. The first kappa shape index (κ1) is 23.6. The van der Waals surface area contributed by atoms with Crippen LogP contribution in [0.1, 0.15) is 5.56 Å². The highest BCUT2D eigenvalue weighted by Gasteiger charge is 2.33. The second-order valence-electron chi connectivity index (χ2n) is 8.36. The maximum absolute atomic E-state index is 14.1. The smallest absolute Gasteiger partial charge is 0.304 e. The van der Waals surface area contributed by atoms with Crippen LogP contribution in [0.5, 0.6) is 0 Å². The molecular weight excluding hydrogens is 521 g/mol. The van der Waals surface area contributed by atoms with Crippen molar-refractivity contribution in [2.75, 3.05) is 0 Å². The van der Waals surface area contributed by atoms with Crippen LogP contribution < -0.4 is 11.2 Å². The molecule has 0 saturated heterocycles. The summed E-state index contributed by atoms with van der Waals surface area (Å²) in [4.78, 5) is 34.3. The van der Waals surface area contributed by atoms with Crippen molar-refractivity contribution in [3.63, 3.8) is 0 Å². The minimum atomic E-state index is -4.68. The van der Waals surface area contributed by atoms with E-state index in [1.54, 1.807) is 54.7 Å². The van der Waals surface area contributed by atoms with Crippen LogP contribution in [0.4, 0.5) is 13.2 Å². The lowest BCUT2D eigenvalue weighted by atomic mass is 10.1. The van der Waals surface area contributed by atoms with E-state index in [9.17, 15) is 22.8 Å². The van der Waals surface area contributed by atoms with Crippen LogP contribution in [0.15, 0.2) is 88.7 Å². The molecule has 0 amide bonds. The van der Waals surface area contributed by atoms with Gasteiger partial charge in [-0.2, -0.15) is 13.2 Å². The third-order valence-corrected chi connectivity index (χ3v) is 6.41. The van der Waals surface area contributed by atoms with E-state index >= 15 is 0 Å². The molecule has 0 bridgehead atoms. The maximum atomic E-state index is 14.1. The molecule has 0 aliphatic rings. The van der Waals surface area contributed by atoms with E-state index < -0.39 is 28.0 Å². The van der Waals surface area contributed by atoms with Gasteiger partial charge in [0.2, 0.25) is 0 Å². The third-order valence-electron chi connectivity index (χ3n) is 6.09. The van der Waals surface area contributed by atoms with E-state index in [0.29, 0.717) is 21.8 Å². The number of fused-ring (bicyclic) bond motifs is 2. The van der Waals surface area contributed by atoms with Crippen molar-refractivity contribution in [2.45, 2.75) is 6.18 Å². The summed E-state index contributed by atoms with van der Waals surface area (Å²) in [5, 5.41) is 8.92. The Balaban J connectivity index is 1.71. The second kappa shape index (κ2) is 8.67. The molecule has 0 unspecified atom stereocenters. The first-order chi connectivity index (χ1) is 18.2. The summed E-state index contributed by atoms with van der Waals surface area (Å²) in [5.74, 6) is 0. The first-order valence-corrected chi connectivity index (χ1v) is 11.5. The van der Waals surface area contributed by atoms with Crippen molar-refractivity contribution in [1.82, 2.24) is 29.5 Å². The molecule has 3 aromatic heterocycles. The van der Waals surface area contributed by atoms with Gasteiger partial charge in [-0.1, -0.05) is 59.3 Å². The zero-order valence-corrected chi connectivity index (χ0v) is 19.8. The Labute approximate surface area is 215 Å². The Bertz CT molecular complexity index is 1990. The van der Waals surface area contributed by atoms with Crippen molar-refractivity contribution in [2.24, 2.45) is 0 Å². The van der Waals surface area contributed by atoms with E-state index in [1.807, 2.05) is 0 Å². The molecule has 188 valence electrons. The van der Waals surface area contributed by atoms with E-state index in [1.165, 1.54) is 10.9 Å². The van der Waals surface area contributed by atoms with Crippen molar-refractivity contribution >= 4 is 33.4 Å². The Hall–Kier alpha value is -4.77. The van der Waals surface area contributed by atoms with Gasteiger partial charge in [0.05, 0.1) is 33.7 Å². The van der Waals surface area contributed by atoms with Gasteiger partial charge in [0.25, 0.3) is 5.56 Å². The summed E-state index contributed by atoms with van der Waals surface area (Å²) < 4.78 is 42.2. The van der Waals surface area contributed by atoms with Crippen molar-refractivity contribution in [3.8, 4) is 22.6 Å². The average molecular weight is 535 g/mol. The van der Waals surface area contributed by atoms with Gasteiger partial charge in [-0.15, -0.1) is 5.10 Å². The summed E-state index contributed by atoms with van der Waals surface area (Å²) in [6.45, 7) is 0. The number of rotatable bonds is 3. The van der Waals surface area contributed by atoms with Gasteiger partial charge in [-0.3, -0.25) is 9.78 Å². The normalized spacial score (nSPS) is 11.9. The number of hydrogen-bond donors (Lipinski definition) is 1. The van der Waals surface area contributed by atoms with Crippen LogP contribution in [0, 0.1) is 0 Å². The standard InChI is InChI=1S/C26H14ClF3N6O2/c27-18-11-14(9-10-17(18)26(28,29)30)22-23(36-20-8-4-3-7-19(20)33-34-36)24(37)35(25(38)32-22)21-13-31-12-15-5-1-2-6-16(15)21/h1-13H,(H,32,38). The number of H-pyrrole nitrogens is 1. The molecule has 3 heterocycles. The molecular formula is C26H14ClF3N6O2. The van der Waals surface area contributed by atoms with E-state index in [-0.39, 0.29) is 22.6 Å². The van der Waals surface area contributed by atoms with Crippen molar-refractivity contribution < 1.29 is 13.2 Å². The molecule has 0 fully saturated rings. The van der Waals surface area contributed by atoms with Gasteiger partial charge in [-0.05, 0) is 24.3 Å². The molecule has 3 aromatic carbocycles. The number of benzene rings is 3. The van der Waals surface area contributed by atoms with Gasteiger partial charge in [-0.25, -0.2) is 14.0 Å². The zero-order valence-electron chi connectivity index (χ0n) is 19.1. The fraction of sp³-hybridized carbons (Fsp3) is 0.0385. The highest BCUT2D eigenvalue weighted by molar-refractivity contribution is 6.31. The summed E-state index contributed by atoms with van der Waals surface area (Å²) in [6, 6.07) is 16.9. The van der Waals surface area contributed by atoms with Crippen LogP contribution in [0.2, 0.25) is 5.02 Å². The number of pyridine rings is 1.